The zero-order valence-corrected chi connectivity index (χ0v) is 19.0. The lowest BCUT2D eigenvalue weighted by molar-refractivity contribution is -0.118. The van der Waals surface area contributed by atoms with Gasteiger partial charge in [-0.05, 0) is 37.3 Å². The summed E-state index contributed by atoms with van der Waals surface area (Å²) >= 11 is 7.27. The molecule has 0 fully saturated rings. The van der Waals surface area contributed by atoms with Crippen LogP contribution in [-0.4, -0.2) is 39.6 Å². The van der Waals surface area contributed by atoms with Gasteiger partial charge >= 0.3 is 0 Å². The smallest absolute Gasteiger partial charge is 0.230 e. The maximum absolute atomic E-state index is 13.9. The normalized spacial score (nSPS) is 13.0. The van der Waals surface area contributed by atoms with Gasteiger partial charge in [-0.25, -0.2) is 4.39 Å². The first-order chi connectivity index (χ1) is 15.6. The molecule has 0 saturated heterocycles. The monoisotopic (exact) mass is 476 g/mol. The summed E-state index contributed by atoms with van der Waals surface area (Å²) < 4.78 is 27.3. The van der Waals surface area contributed by atoms with Gasteiger partial charge in [0.1, 0.15) is 5.82 Å². The van der Waals surface area contributed by atoms with Gasteiger partial charge in [-0.2, -0.15) is 0 Å². The van der Waals surface area contributed by atoms with E-state index >= 15 is 0 Å². The Labute approximate surface area is 194 Å². The van der Waals surface area contributed by atoms with E-state index in [-0.39, 0.29) is 28.8 Å². The Morgan fingerprint density at radius 3 is 2.81 bits per heavy atom. The third-order valence-electron chi connectivity index (χ3n) is 4.90. The van der Waals surface area contributed by atoms with Gasteiger partial charge in [0, 0.05) is 35.7 Å². The molecule has 0 spiro atoms. The van der Waals surface area contributed by atoms with Gasteiger partial charge in [0.25, 0.3) is 0 Å². The van der Waals surface area contributed by atoms with Gasteiger partial charge < -0.3 is 19.4 Å². The number of fused-ring (bicyclic) bond motifs is 1. The highest BCUT2D eigenvalue weighted by molar-refractivity contribution is 7.99. The average Bonchev–Trinajstić information content (AvgIpc) is 3.05. The van der Waals surface area contributed by atoms with Crippen LogP contribution in [0.1, 0.15) is 18.9 Å². The molecule has 3 aromatic rings. The summed E-state index contributed by atoms with van der Waals surface area (Å²) in [7, 11) is 0. The second-order valence-corrected chi connectivity index (χ2v) is 8.38. The van der Waals surface area contributed by atoms with Crippen molar-refractivity contribution >= 4 is 29.3 Å². The van der Waals surface area contributed by atoms with Gasteiger partial charge in [0.2, 0.25) is 5.91 Å². The minimum atomic E-state index is -0.448. The van der Waals surface area contributed by atoms with Gasteiger partial charge in [-0.15, -0.1) is 10.2 Å². The summed E-state index contributed by atoms with van der Waals surface area (Å²) in [5, 5.41) is 12.2. The highest BCUT2D eigenvalue weighted by Crippen LogP contribution is 2.34. The largest absolute Gasteiger partial charge is 0.490 e. The summed E-state index contributed by atoms with van der Waals surface area (Å²) in [6, 6.07) is 10.1. The third kappa shape index (κ3) is 4.99. The highest BCUT2D eigenvalue weighted by atomic mass is 35.5. The predicted octanol–water partition coefficient (Wildman–Crippen LogP) is 4.33. The van der Waals surface area contributed by atoms with Gasteiger partial charge in [-0.1, -0.05) is 29.4 Å². The van der Waals surface area contributed by atoms with Crippen molar-refractivity contribution in [1.29, 1.82) is 0 Å². The molecule has 0 aliphatic carbocycles. The predicted molar refractivity (Wildman–Crippen MR) is 121 cm³/mol. The van der Waals surface area contributed by atoms with Crippen molar-refractivity contribution in [1.82, 2.24) is 20.1 Å². The molecule has 10 heteroatoms. The molecule has 0 saturated carbocycles. The maximum Gasteiger partial charge on any atom is 0.230 e. The number of carbonyl (C=O) groups excluding carboxylic acids is 1. The number of benzene rings is 2. The van der Waals surface area contributed by atoms with Crippen molar-refractivity contribution in [3.63, 3.8) is 0 Å². The fourth-order valence-electron chi connectivity index (χ4n) is 3.27. The zero-order valence-electron chi connectivity index (χ0n) is 17.4. The van der Waals surface area contributed by atoms with E-state index in [0.29, 0.717) is 36.5 Å². The first-order valence-corrected chi connectivity index (χ1v) is 11.6. The molecule has 1 aliphatic heterocycles. The van der Waals surface area contributed by atoms with E-state index in [9.17, 15) is 9.18 Å². The van der Waals surface area contributed by atoms with Crippen molar-refractivity contribution in [2.24, 2.45) is 0 Å². The van der Waals surface area contributed by atoms with Crippen LogP contribution >= 0.6 is 23.4 Å². The van der Waals surface area contributed by atoms with Crippen LogP contribution in [0.25, 0.3) is 11.4 Å². The molecule has 32 heavy (non-hydrogen) atoms. The fraction of sp³-hybridized carbons (Fsp3) is 0.318. The van der Waals surface area contributed by atoms with Crippen LogP contribution in [-0.2, 0) is 17.9 Å². The molecule has 0 radical (unpaired) electrons. The van der Waals surface area contributed by atoms with E-state index in [0.717, 1.165) is 17.7 Å². The standard InChI is InChI=1S/C22H22ClFN4O3S/c1-2-28-21(14-7-8-18-19(11-14)31-10-4-9-30-18)26-27-22(28)32-13-20(29)25-12-15-16(23)5-3-6-17(15)24/h3,5-8,11H,2,4,9-10,12-13H2,1H3,(H,25,29). The lowest BCUT2D eigenvalue weighted by Gasteiger charge is -2.11. The van der Waals surface area contributed by atoms with Crippen molar-refractivity contribution in [2.75, 3.05) is 19.0 Å². The van der Waals surface area contributed by atoms with Crippen LogP contribution in [0.3, 0.4) is 0 Å². The number of hydrogen-bond acceptors (Lipinski definition) is 6. The molecule has 1 amide bonds. The van der Waals surface area contributed by atoms with Crippen LogP contribution in [0.4, 0.5) is 4.39 Å². The number of amides is 1. The molecule has 168 valence electrons. The zero-order chi connectivity index (χ0) is 22.5. The fourth-order valence-corrected chi connectivity index (χ4v) is 4.33. The minimum absolute atomic E-state index is 0.0216. The number of nitrogens with one attached hydrogen (secondary N) is 1. The summed E-state index contributed by atoms with van der Waals surface area (Å²) in [6.45, 7) is 3.87. The molecule has 1 aromatic heterocycles. The number of rotatable bonds is 7. The number of aromatic nitrogens is 3. The third-order valence-corrected chi connectivity index (χ3v) is 6.22. The SMILES string of the molecule is CCn1c(SCC(=O)NCc2c(F)cccc2Cl)nnc1-c1ccc2c(c1)OCCCO2. The van der Waals surface area contributed by atoms with Crippen molar-refractivity contribution in [2.45, 2.75) is 31.6 Å². The van der Waals surface area contributed by atoms with Crippen molar-refractivity contribution in [3.8, 4) is 22.9 Å². The van der Waals surface area contributed by atoms with Crippen molar-refractivity contribution < 1.29 is 18.7 Å². The lowest BCUT2D eigenvalue weighted by Crippen LogP contribution is -2.25. The Kier molecular flexibility index (Phi) is 7.16. The van der Waals surface area contributed by atoms with Gasteiger partial charge in [0.15, 0.2) is 22.5 Å². The second kappa shape index (κ2) is 10.2. The molecule has 0 atom stereocenters. The van der Waals surface area contributed by atoms with Crippen LogP contribution < -0.4 is 14.8 Å². The minimum Gasteiger partial charge on any atom is -0.490 e. The number of hydrogen-bond donors (Lipinski definition) is 1. The molecule has 0 bridgehead atoms. The maximum atomic E-state index is 13.9. The Balaban J connectivity index is 1.42. The summed E-state index contributed by atoms with van der Waals surface area (Å²) in [5.74, 6) is 1.50. The van der Waals surface area contributed by atoms with Crippen LogP contribution in [0.2, 0.25) is 5.02 Å². The number of ether oxygens (including phenoxy) is 2. The first kappa shape index (κ1) is 22.4. The molecule has 2 heterocycles. The molecule has 4 rings (SSSR count). The number of thioether (sulfide) groups is 1. The molecule has 2 aromatic carbocycles. The van der Waals surface area contributed by atoms with Crippen molar-refractivity contribution in [3.05, 3.63) is 52.8 Å². The Hall–Kier alpha value is -2.78. The van der Waals surface area contributed by atoms with E-state index in [1.165, 1.54) is 23.9 Å². The molecule has 1 N–H and O–H groups in total. The highest BCUT2D eigenvalue weighted by Gasteiger charge is 2.18. The Morgan fingerprint density at radius 1 is 1.22 bits per heavy atom. The summed E-state index contributed by atoms with van der Waals surface area (Å²) in [6.07, 6.45) is 0.834. The van der Waals surface area contributed by atoms with Crippen LogP contribution in [0, 0.1) is 5.82 Å². The van der Waals surface area contributed by atoms with E-state index in [4.69, 9.17) is 21.1 Å². The average molecular weight is 477 g/mol. The molecular formula is C22H22ClFN4O3S. The van der Waals surface area contributed by atoms with E-state index in [1.54, 1.807) is 6.07 Å². The molecule has 0 unspecified atom stereocenters. The first-order valence-electron chi connectivity index (χ1n) is 10.2. The summed E-state index contributed by atoms with van der Waals surface area (Å²) in [5.41, 5.74) is 1.12. The number of carbonyl (C=O) groups is 1. The lowest BCUT2D eigenvalue weighted by atomic mass is 10.2. The Bertz CT molecular complexity index is 1100. The number of nitrogens with zero attached hydrogens (tertiary/aromatic N) is 3. The molecular weight excluding hydrogens is 455 g/mol. The van der Waals surface area contributed by atoms with Gasteiger partial charge in [0.05, 0.1) is 19.0 Å². The van der Waals surface area contributed by atoms with E-state index in [1.807, 2.05) is 29.7 Å². The van der Waals surface area contributed by atoms with E-state index < -0.39 is 5.82 Å². The number of halogens is 2. The molecule has 1 aliphatic rings. The Morgan fingerprint density at radius 2 is 2.03 bits per heavy atom. The summed E-state index contributed by atoms with van der Waals surface area (Å²) in [4.78, 5) is 12.3. The molecule has 7 nitrogen and oxygen atoms in total. The van der Waals surface area contributed by atoms with Gasteiger partial charge in [-0.3, -0.25) is 4.79 Å². The van der Waals surface area contributed by atoms with Crippen LogP contribution in [0.5, 0.6) is 11.5 Å². The topological polar surface area (TPSA) is 78.3 Å². The quantitative estimate of drug-likeness (QED) is 0.511. The van der Waals surface area contributed by atoms with E-state index in [2.05, 4.69) is 15.5 Å². The van der Waals surface area contributed by atoms with Crippen LogP contribution in [0.15, 0.2) is 41.6 Å². The second-order valence-electron chi connectivity index (χ2n) is 7.03.